The standard InChI is InChI=1S/C11H19N3O4/c1-11(2)5-14(10(17)13-9(11)12)8-3-6(16)7(4-15)18-8/h6-8,15-16H,3-5H2,1-2H3,(H2,12,13,17). The van der Waals surface area contributed by atoms with Crippen molar-refractivity contribution in [1.29, 1.82) is 5.41 Å². The fourth-order valence-electron chi connectivity index (χ4n) is 2.23. The van der Waals surface area contributed by atoms with Crippen LogP contribution in [0.25, 0.3) is 0 Å². The Morgan fingerprint density at radius 2 is 2.28 bits per heavy atom. The first-order valence-electron chi connectivity index (χ1n) is 5.96. The van der Waals surface area contributed by atoms with Crippen LogP contribution in [-0.4, -0.2) is 58.6 Å². The summed E-state index contributed by atoms with van der Waals surface area (Å²) in [6.07, 6.45) is -1.68. The van der Waals surface area contributed by atoms with Gasteiger partial charge in [0, 0.05) is 18.4 Å². The maximum absolute atomic E-state index is 11.8. The SMILES string of the molecule is CC1(C)CN(C2CC(O)C(CO)O2)C(=O)NC1=N. The highest BCUT2D eigenvalue weighted by Crippen LogP contribution is 2.29. The molecule has 2 fully saturated rings. The highest BCUT2D eigenvalue weighted by Gasteiger charge is 2.44. The lowest BCUT2D eigenvalue weighted by Gasteiger charge is -2.41. The van der Waals surface area contributed by atoms with Crippen LogP contribution in [0.15, 0.2) is 0 Å². The van der Waals surface area contributed by atoms with Crippen molar-refractivity contribution in [1.82, 2.24) is 10.2 Å². The minimum Gasteiger partial charge on any atom is -0.394 e. The monoisotopic (exact) mass is 257 g/mol. The van der Waals surface area contributed by atoms with Gasteiger partial charge in [0.2, 0.25) is 0 Å². The molecule has 2 saturated heterocycles. The maximum Gasteiger partial charge on any atom is 0.324 e. The molecule has 0 radical (unpaired) electrons. The molecule has 0 bridgehead atoms. The van der Waals surface area contributed by atoms with Crippen molar-refractivity contribution in [2.45, 2.75) is 38.7 Å². The van der Waals surface area contributed by atoms with E-state index in [4.69, 9.17) is 15.3 Å². The lowest BCUT2D eigenvalue weighted by Crippen LogP contribution is -2.60. The van der Waals surface area contributed by atoms with Gasteiger partial charge >= 0.3 is 6.03 Å². The van der Waals surface area contributed by atoms with Crippen molar-refractivity contribution in [2.75, 3.05) is 13.2 Å². The van der Waals surface area contributed by atoms with Gasteiger partial charge in [-0.2, -0.15) is 0 Å². The van der Waals surface area contributed by atoms with Gasteiger partial charge in [0.1, 0.15) is 18.2 Å². The largest absolute Gasteiger partial charge is 0.394 e. The van der Waals surface area contributed by atoms with Gasteiger partial charge < -0.3 is 14.9 Å². The second kappa shape index (κ2) is 4.49. The Morgan fingerprint density at radius 1 is 1.61 bits per heavy atom. The lowest BCUT2D eigenvalue weighted by molar-refractivity contribution is -0.0695. The summed E-state index contributed by atoms with van der Waals surface area (Å²) in [6.45, 7) is 3.80. The van der Waals surface area contributed by atoms with E-state index in [0.29, 0.717) is 6.54 Å². The minimum atomic E-state index is -0.766. The predicted octanol–water partition coefficient (Wildman–Crippen LogP) is -0.517. The molecular formula is C11H19N3O4. The van der Waals surface area contributed by atoms with Gasteiger partial charge in [-0.1, -0.05) is 13.8 Å². The number of aliphatic hydroxyl groups excluding tert-OH is 2. The van der Waals surface area contributed by atoms with Gasteiger partial charge in [-0.3, -0.25) is 15.6 Å². The number of amides is 2. The van der Waals surface area contributed by atoms with Gasteiger partial charge in [-0.05, 0) is 0 Å². The van der Waals surface area contributed by atoms with Gasteiger partial charge in [0.15, 0.2) is 0 Å². The van der Waals surface area contributed by atoms with E-state index in [1.807, 2.05) is 13.8 Å². The van der Waals surface area contributed by atoms with Crippen molar-refractivity contribution in [2.24, 2.45) is 5.41 Å². The number of aliphatic hydroxyl groups is 2. The molecule has 102 valence electrons. The van der Waals surface area contributed by atoms with Crippen molar-refractivity contribution in [3.05, 3.63) is 0 Å². The molecule has 2 amide bonds. The van der Waals surface area contributed by atoms with Crippen LogP contribution in [0.5, 0.6) is 0 Å². The number of rotatable bonds is 2. The Hall–Kier alpha value is -1.18. The Morgan fingerprint density at radius 3 is 2.83 bits per heavy atom. The van der Waals surface area contributed by atoms with Gasteiger partial charge in [-0.15, -0.1) is 0 Å². The normalized spacial score (nSPS) is 35.8. The lowest BCUT2D eigenvalue weighted by atomic mass is 9.89. The molecule has 0 spiro atoms. The highest BCUT2D eigenvalue weighted by molar-refractivity contribution is 6.01. The Bertz CT molecular complexity index is 371. The van der Waals surface area contributed by atoms with Crippen LogP contribution in [-0.2, 0) is 4.74 Å². The summed E-state index contributed by atoms with van der Waals surface area (Å²) in [7, 11) is 0. The molecule has 2 heterocycles. The van der Waals surface area contributed by atoms with E-state index in [9.17, 15) is 9.90 Å². The van der Waals surface area contributed by atoms with E-state index in [-0.39, 0.29) is 18.9 Å². The smallest absolute Gasteiger partial charge is 0.324 e. The summed E-state index contributed by atoms with van der Waals surface area (Å²) in [5.41, 5.74) is -0.473. The quantitative estimate of drug-likeness (QED) is 0.534. The summed E-state index contributed by atoms with van der Waals surface area (Å²) in [5, 5.41) is 28.9. The fourth-order valence-corrected chi connectivity index (χ4v) is 2.23. The fraction of sp³-hybridized carbons (Fsp3) is 0.818. The first-order chi connectivity index (χ1) is 8.35. The number of hydrogen-bond donors (Lipinski definition) is 4. The molecule has 2 aliphatic heterocycles. The first kappa shape index (κ1) is 13.3. The average Bonchev–Trinajstić information content (AvgIpc) is 2.65. The van der Waals surface area contributed by atoms with Gasteiger partial charge in [0.25, 0.3) is 0 Å². The minimum absolute atomic E-state index is 0.181. The number of ether oxygens (including phenoxy) is 1. The molecule has 3 unspecified atom stereocenters. The number of hydrogen-bond acceptors (Lipinski definition) is 5. The molecule has 2 rings (SSSR count). The third-order valence-electron chi connectivity index (χ3n) is 3.47. The molecule has 0 aliphatic carbocycles. The molecule has 7 heteroatoms. The van der Waals surface area contributed by atoms with E-state index < -0.39 is 29.9 Å². The maximum atomic E-state index is 11.8. The molecule has 7 nitrogen and oxygen atoms in total. The van der Waals surface area contributed by atoms with Crippen LogP contribution in [0.2, 0.25) is 0 Å². The number of urea groups is 1. The number of amidine groups is 1. The molecular weight excluding hydrogens is 238 g/mol. The van der Waals surface area contributed by atoms with Gasteiger partial charge in [0.05, 0.1) is 12.7 Å². The first-order valence-corrected chi connectivity index (χ1v) is 5.96. The van der Waals surface area contributed by atoms with Crippen LogP contribution in [0.3, 0.4) is 0 Å². The van der Waals surface area contributed by atoms with Crippen molar-refractivity contribution < 1.29 is 19.7 Å². The Kier molecular flexibility index (Phi) is 3.31. The molecule has 18 heavy (non-hydrogen) atoms. The Balaban J connectivity index is 2.10. The summed E-state index contributed by atoms with van der Waals surface area (Å²) in [5.74, 6) is 0.181. The molecule has 0 aromatic rings. The van der Waals surface area contributed by atoms with E-state index in [1.165, 1.54) is 4.90 Å². The van der Waals surface area contributed by atoms with Gasteiger partial charge in [-0.25, -0.2) is 4.79 Å². The third-order valence-corrected chi connectivity index (χ3v) is 3.47. The molecule has 3 atom stereocenters. The highest BCUT2D eigenvalue weighted by atomic mass is 16.5. The predicted molar refractivity (Wildman–Crippen MR) is 63.1 cm³/mol. The molecule has 0 aromatic carbocycles. The zero-order chi connectivity index (χ0) is 13.5. The average molecular weight is 257 g/mol. The number of nitrogens with zero attached hydrogens (tertiary/aromatic N) is 1. The van der Waals surface area contributed by atoms with Crippen LogP contribution in [0, 0.1) is 10.8 Å². The number of carbonyl (C=O) groups is 1. The van der Waals surface area contributed by atoms with E-state index in [0.717, 1.165) is 0 Å². The van der Waals surface area contributed by atoms with E-state index in [1.54, 1.807) is 0 Å². The summed E-state index contributed by atoms with van der Waals surface area (Å²) in [4.78, 5) is 13.3. The molecule has 0 aromatic heterocycles. The topological polar surface area (TPSA) is 106 Å². The van der Waals surface area contributed by atoms with Crippen LogP contribution < -0.4 is 5.32 Å². The summed E-state index contributed by atoms with van der Waals surface area (Å²) < 4.78 is 5.46. The molecule has 0 saturated carbocycles. The molecule has 4 N–H and O–H groups in total. The zero-order valence-electron chi connectivity index (χ0n) is 10.5. The van der Waals surface area contributed by atoms with E-state index >= 15 is 0 Å². The van der Waals surface area contributed by atoms with E-state index in [2.05, 4.69) is 5.32 Å². The van der Waals surface area contributed by atoms with Crippen molar-refractivity contribution >= 4 is 11.9 Å². The summed E-state index contributed by atoms with van der Waals surface area (Å²) >= 11 is 0. The summed E-state index contributed by atoms with van der Waals surface area (Å²) in [6, 6.07) is -0.393. The van der Waals surface area contributed by atoms with Crippen molar-refractivity contribution in [3.8, 4) is 0 Å². The van der Waals surface area contributed by atoms with Crippen molar-refractivity contribution in [3.63, 3.8) is 0 Å². The Labute approximate surface area is 105 Å². The van der Waals surface area contributed by atoms with Crippen LogP contribution >= 0.6 is 0 Å². The second-order valence-electron chi connectivity index (χ2n) is 5.43. The second-order valence-corrected chi connectivity index (χ2v) is 5.43. The van der Waals surface area contributed by atoms with Crippen LogP contribution in [0.4, 0.5) is 4.79 Å². The molecule has 2 aliphatic rings. The zero-order valence-corrected chi connectivity index (χ0v) is 10.5. The third kappa shape index (κ3) is 2.21. The number of carbonyl (C=O) groups excluding carboxylic acids is 1. The van der Waals surface area contributed by atoms with Crippen LogP contribution in [0.1, 0.15) is 20.3 Å². The number of nitrogens with one attached hydrogen (secondary N) is 2.